The maximum absolute atomic E-state index is 12.9. The molecule has 200 valence electrons. The van der Waals surface area contributed by atoms with Crippen molar-refractivity contribution in [1.82, 2.24) is 0 Å². The second kappa shape index (κ2) is 17.7. The molecule has 3 aromatic rings. The molecule has 0 aliphatic carbocycles. The fourth-order valence-electron chi connectivity index (χ4n) is 4.61. The lowest BCUT2D eigenvalue weighted by Crippen LogP contribution is -2.31. The summed E-state index contributed by atoms with van der Waals surface area (Å²) in [6, 6.07) is 15.9. The number of thiazole rings is 1. The first-order valence-electron chi connectivity index (χ1n) is 14.3. The average Bonchev–Trinajstić information content (AvgIpc) is 3.42. The largest absolute Gasteiger partial charge is 0.493 e. The molecule has 0 bridgehead atoms. The Labute approximate surface area is 228 Å². The quantitative estimate of drug-likeness (QED) is 0.127. The predicted octanol–water partition coefficient (Wildman–Crippen LogP) is 8.35. The summed E-state index contributed by atoms with van der Waals surface area (Å²) in [5, 5.41) is 5.16. The number of amides is 1. The first-order chi connectivity index (χ1) is 18.3. The number of ether oxygens (including phenoxy) is 1. The average molecular weight is 522 g/mol. The van der Waals surface area contributed by atoms with E-state index >= 15 is 0 Å². The van der Waals surface area contributed by atoms with Crippen molar-refractivity contribution in [1.29, 1.82) is 0 Å². The lowest BCUT2D eigenvalue weighted by atomic mass is 10.1. The van der Waals surface area contributed by atoms with E-state index in [1.54, 1.807) is 11.3 Å². The minimum atomic E-state index is -0.0239. The highest BCUT2D eigenvalue weighted by molar-refractivity contribution is 7.07. The summed E-state index contributed by atoms with van der Waals surface area (Å²) in [7, 11) is 0. The molecular formula is C32H45N2O2S+. The van der Waals surface area contributed by atoms with Gasteiger partial charge in [0.2, 0.25) is 11.4 Å². The summed E-state index contributed by atoms with van der Waals surface area (Å²) in [6.45, 7) is 3.72. The van der Waals surface area contributed by atoms with Gasteiger partial charge in [0, 0.05) is 11.1 Å². The van der Waals surface area contributed by atoms with Gasteiger partial charge in [-0.15, -0.1) is 0 Å². The van der Waals surface area contributed by atoms with Gasteiger partial charge in [0.15, 0.2) is 12.7 Å². The van der Waals surface area contributed by atoms with Gasteiger partial charge in [-0.3, -0.25) is 4.79 Å². The Bertz CT molecular complexity index is 1020. The molecule has 1 heterocycles. The van der Waals surface area contributed by atoms with Gasteiger partial charge in [0.25, 0.3) is 0 Å². The van der Waals surface area contributed by atoms with Gasteiger partial charge < -0.3 is 10.1 Å². The molecule has 5 heteroatoms. The monoisotopic (exact) mass is 521 g/mol. The highest BCUT2D eigenvalue weighted by Gasteiger charge is 2.13. The zero-order chi connectivity index (χ0) is 26.0. The zero-order valence-electron chi connectivity index (χ0n) is 22.6. The summed E-state index contributed by atoms with van der Waals surface area (Å²) in [5.74, 6) is 0.798. The maximum atomic E-state index is 12.9. The van der Waals surface area contributed by atoms with Crippen molar-refractivity contribution >= 4 is 22.9 Å². The van der Waals surface area contributed by atoms with Crippen molar-refractivity contribution in [3.63, 3.8) is 0 Å². The van der Waals surface area contributed by atoms with E-state index in [1.165, 1.54) is 70.6 Å². The van der Waals surface area contributed by atoms with Crippen LogP contribution in [0.2, 0.25) is 0 Å². The standard InChI is InChI=1S/C32H44N2O2S/c1-2-3-4-5-6-7-8-9-10-11-12-17-23-36-31-21-16-14-18-28(31)25-32(35)33-30-20-15-13-19-29(30)26-34-22-24-37-27-34/h13-16,18-22,24,27H,2-12,17,23,25-26H2,1H3/p+1. The Kier molecular flexibility index (Phi) is 13.9. The van der Waals surface area contributed by atoms with Crippen LogP contribution >= 0.6 is 11.3 Å². The predicted molar refractivity (Wildman–Crippen MR) is 155 cm³/mol. The summed E-state index contributed by atoms with van der Waals surface area (Å²) in [5.41, 5.74) is 4.96. The number of para-hydroxylation sites is 2. The lowest BCUT2D eigenvalue weighted by Gasteiger charge is -2.13. The highest BCUT2D eigenvalue weighted by atomic mass is 32.1. The van der Waals surface area contributed by atoms with Crippen LogP contribution in [0.4, 0.5) is 5.69 Å². The van der Waals surface area contributed by atoms with E-state index in [0.717, 1.165) is 35.5 Å². The van der Waals surface area contributed by atoms with Crippen LogP contribution in [0.1, 0.15) is 95.1 Å². The Hall–Kier alpha value is -2.66. The van der Waals surface area contributed by atoms with Crippen LogP contribution in [-0.2, 0) is 17.8 Å². The van der Waals surface area contributed by atoms with E-state index in [-0.39, 0.29) is 5.91 Å². The second-order valence-electron chi connectivity index (χ2n) is 9.93. The third-order valence-corrected chi connectivity index (χ3v) is 7.42. The molecule has 0 aliphatic heterocycles. The number of carbonyl (C=O) groups excluding carboxylic acids is 1. The van der Waals surface area contributed by atoms with E-state index in [2.05, 4.69) is 33.8 Å². The summed E-state index contributed by atoms with van der Waals surface area (Å²) >= 11 is 1.66. The number of carbonyl (C=O) groups is 1. The molecule has 4 nitrogen and oxygen atoms in total. The normalized spacial score (nSPS) is 10.9. The number of hydrogen-bond donors (Lipinski definition) is 1. The van der Waals surface area contributed by atoms with Gasteiger partial charge in [-0.25, -0.2) is 0 Å². The van der Waals surface area contributed by atoms with Gasteiger partial charge in [-0.2, -0.15) is 4.57 Å². The third kappa shape index (κ3) is 11.5. The minimum absolute atomic E-state index is 0.0239. The third-order valence-electron chi connectivity index (χ3n) is 6.75. The molecule has 0 fully saturated rings. The fraction of sp³-hybridized carbons (Fsp3) is 0.500. The zero-order valence-corrected chi connectivity index (χ0v) is 23.4. The summed E-state index contributed by atoms with van der Waals surface area (Å²) in [4.78, 5) is 12.9. The smallest absolute Gasteiger partial charge is 0.228 e. The number of rotatable bonds is 19. The summed E-state index contributed by atoms with van der Waals surface area (Å²) in [6.07, 6.45) is 18.3. The molecule has 1 amide bonds. The lowest BCUT2D eigenvalue weighted by molar-refractivity contribution is -0.683. The van der Waals surface area contributed by atoms with Crippen molar-refractivity contribution < 1.29 is 14.1 Å². The maximum Gasteiger partial charge on any atom is 0.228 e. The molecule has 1 aromatic heterocycles. The molecule has 1 N–H and O–H groups in total. The number of benzene rings is 2. The van der Waals surface area contributed by atoms with Crippen molar-refractivity contribution in [3.8, 4) is 5.75 Å². The van der Waals surface area contributed by atoms with Crippen LogP contribution in [0, 0.1) is 0 Å². The first-order valence-corrected chi connectivity index (χ1v) is 15.2. The Morgan fingerprint density at radius 3 is 2.11 bits per heavy atom. The number of nitrogens with one attached hydrogen (secondary N) is 1. The van der Waals surface area contributed by atoms with Gasteiger partial charge in [-0.1, -0.05) is 125 Å². The van der Waals surface area contributed by atoms with Crippen LogP contribution in [0.25, 0.3) is 0 Å². The molecule has 0 saturated carbocycles. The van der Waals surface area contributed by atoms with Crippen LogP contribution < -0.4 is 14.6 Å². The topological polar surface area (TPSA) is 42.2 Å². The van der Waals surface area contributed by atoms with Crippen molar-refractivity contribution in [2.75, 3.05) is 11.9 Å². The second-order valence-corrected chi connectivity index (χ2v) is 10.7. The first kappa shape index (κ1) is 28.9. The van der Waals surface area contributed by atoms with E-state index in [9.17, 15) is 4.79 Å². The molecule has 0 saturated heterocycles. The van der Waals surface area contributed by atoms with Crippen LogP contribution in [-0.4, -0.2) is 12.5 Å². The molecule has 0 aliphatic rings. The number of unbranched alkanes of at least 4 members (excludes halogenated alkanes) is 11. The molecule has 2 aromatic carbocycles. The minimum Gasteiger partial charge on any atom is -0.493 e. The van der Waals surface area contributed by atoms with Crippen LogP contribution in [0.5, 0.6) is 5.75 Å². The van der Waals surface area contributed by atoms with Gasteiger partial charge >= 0.3 is 0 Å². The van der Waals surface area contributed by atoms with Gasteiger partial charge in [-0.05, 0) is 18.6 Å². The fourth-order valence-corrected chi connectivity index (χ4v) is 5.21. The van der Waals surface area contributed by atoms with Crippen molar-refractivity contribution in [2.24, 2.45) is 0 Å². The van der Waals surface area contributed by atoms with Crippen LogP contribution in [0.15, 0.2) is 65.6 Å². The Balaban J connectivity index is 1.34. The molecule has 3 rings (SSSR count). The number of anilines is 1. The Morgan fingerprint density at radius 2 is 1.43 bits per heavy atom. The molecule has 0 radical (unpaired) electrons. The molecule has 37 heavy (non-hydrogen) atoms. The molecule has 0 spiro atoms. The summed E-state index contributed by atoms with van der Waals surface area (Å²) < 4.78 is 8.21. The van der Waals surface area contributed by atoms with Crippen LogP contribution in [0.3, 0.4) is 0 Å². The van der Waals surface area contributed by atoms with E-state index < -0.39 is 0 Å². The Morgan fingerprint density at radius 1 is 0.811 bits per heavy atom. The van der Waals surface area contributed by atoms with Crippen molar-refractivity contribution in [3.05, 3.63) is 76.7 Å². The van der Waals surface area contributed by atoms with E-state index in [1.807, 2.05) is 48.7 Å². The van der Waals surface area contributed by atoms with Gasteiger partial charge in [0.05, 0.1) is 24.1 Å². The van der Waals surface area contributed by atoms with E-state index in [4.69, 9.17) is 4.74 Å². The highest BCUT2D eigenvalue weighted by Crippen LogP contribution is 2.21. The molecule has 0 unspecified atom stereocenters. The SMILES string of the molecule is CCCCCCCCCCCCCCOc1ccccc1CC(=O)Nc1ccccc1C[n+]1ccsc1. The number of aromatic nitrogens is 1. The van der Waals surface area contributed by atoms with Gasteiger partial charge in [0.1, 0.15) is 5.75 Å². The van der Waals surface area contributed by atoms with Crippen molar-refractivity contribution in [2.45, 2.75) is 96.9 Å². The van der Waals surface area contributed by atoms with E-state index in [0.29, 0.717) is 13.0 Å². The molecule has 0 atom stereocenters. The molecular weight excluding hydrogens is 476 g/mol. The number of hydrogen-bond acceptors (Lipinski definition) is 3. The number of nitrogens with zero attached hydrogens (tertiary/aromatic N) is 1.